The molecule has 1 aromatic carbocycles. The summed E-state index contributed by atoms with van der Waals surface area (Å²) < 4.78 is 0.917. The first-order valence-corrected chi connectivity index (χ1v) is 8.18. The highest BCUT2D eigenvalue weighted by Gasteiger charge is 2.43. The number of nitrogens with one attached hydrogen (secondary N) is 2. The molecule has 1 aliphatic rings. The Hall–Kier alpha value is -1.89. The fourth-order valence-electron chi connectivity index (χ4n) is 2.26. The molecular formula is C16H20BrN3O3. The van der Waals surface area contributed by atoms with E-state index in [0.29, 0.717) is 5.69 Å². The number of carbonyl (C=O) groups excluding carboxylic acids is 3. The molecule has 6 nitrogen and oxygen atoms in total. The zero-order valence-electron chi connectivity index (χ0n) is 13.1. The van der Waals surface area contributed by atoms with Gasteiger partial charge in [0.15, 0.2) is 0 Å². The van der Waals surface area contributed by atoms with Crippen molar-refractivity contribution in [1.29, 1.82) is 0 Å². The molecule has 0 saturated heterocycles. The van der Waals surface area contributed by atoms with E-state index in [-0.39, 0.29) is 18.4 Å². The zero-order valence-corrected chi connectivity index (χ0v) is 14.7. The normalized spacial score (nSPS) is 16.1. The van der Waals surface area contributed by atoms with Gasteiger partial charge in [-0.15, -0.1) is 0 Å². The smallest absolute Gasteiger partial charge is 0.318 e. The lowest BCUT2D eigenvalue weighted by molar-refractivity contribution is -0.116. The fourth-order valence-corrected chi connectivity index (χ4v) is 2.52. The predicted molar refractivity (Wildman–Crippen MR) is 91.1 cm³/mol. The summed E-state index contributed by atoms with van der Waals surface area (Å²) >= 11 is 3.32. The van der Waals surface area contributed by atoms with Crippen molar-refractivity contribution in [2.24, 2.45) is 5.92 Å². The number of likely N-dealkylation sites (N-methyl/N-ethyl adjacent to an activating group) is 1. The van der Waals surface area contributed by atoms with Crippen LogP contribution in [0.15, 0.2) is 28.7 Å². The minimum Gasteiger partial charge on any atom is -0.326 e. The van der Waals surface area contributed by atoms with Gasteiger partial charge in [0.2, 0.25) is 5.91 Å². The summed E-state index contributed by atoms with van der Waals surface area (Å²) in [6, 6.07) is 6.73. The minimum absolute atomic E-state index is 0.0957. The van der Waals surface area contributed by atoms with E-state index in [9.17, 15) is 14.4 Å². The van der Waals surface area contributed by atoms with Crippen molar-refractivity contribution < 1.29 is 14.4 Å². The van der Waals surface area contributed by atoms with Gasteiger partial charge in [-0.3, -0.25) is 4.79 Å². The van der Waals surface area contributed by atoms with E-state index in [1.54, 1.807) is 19.1 Å². The van der Waals surface area contributed by atoms with Gasteiger partial charge < -0.3 is 20.3 Å². The molecule has 23 heavy (non-hydrogen) atoms. The maximum Gasteiger partial charge on any atom is 0.318 e. The number of halogens is 1. The SMILES string of the molecule is CN(CC(=O)Nc1ccc(Br)cc1)C(=O)NC(C)(C=O)C1CC1. The van der Waals surface area contributed by atoms with Crippen LogP contribution in [0.3, 0.4) is 0 Å². The Bertz CT molecular complexity index is 601. The molecule has 2 rings (SSSR count). The Labute approximate surface area is 143 Å². The summed E-state index contributed by atoms with van der Waals surface area (Å²) in [5.74, 6) is -0.113. The lowest BCUT2D eigenvalue weighted by Crippen LogP contribution is -2.54. The van der Waals surface area contributed by atoms with Gasteiger partial charge in [0.1, 0.15) is 12.8 Å². The third-order valence-electron chi connectivity index (χ3n) is 3.90. The van der Waals surface area contributed by atoms with Crippen LogP contribution in [-0.4, -0.2) is 42.3 Å². The third kappa shape index (κ3) is 4.79. The first-order chi connectivity index (χ1) is 10.8. The maximum atomic E-state index is 12.2. The van der Waals surface area contributed by atoms with Crippen LogP contribution in [0, 0.1) is 5.92 Å². The van der Waals surface area contributed by atoms with Gasteiger partial charge in [0.05, 0.1) is 5.54 Å². The van der Waals surface area contributed by atoms with Crippen LogP contribution in [0.2, 0.25) is 0 Å². The predicted octanol–water partition coefficient (Wildman–Crippen LogP) is 2.40. The lowest BCUT2D eigenvalue weighted by atomic mass is 9.98. The Morgan fingerprint density at radius 1 is 1.35 bits per heavy atom. The van der Waals surface area contributed by atoms with Crippen LogP contribution < -0.4 is 10.6 Å². The highest BCUT2D eigenvalue weighted by molar-refractivity contribution is 9.10. The van der Waals surface area contributed by atoms with Crippen molar-refractivity contribution in [2.75, 3.05) is 18.9 Å². The van der Waals surface area contributed by atoms with Gasteiger partial charge in [0.25, 0.3) is 0 Å². The molecule has 124 valence electrons. The van der Waals surface area contributed by atoms with Crippen LogP contribution in [0.4, 0.5) is 10.5 Å². The third-order valence-corrected chi connectivity index (χ3v) is 4.43. The first kappa shape index (κ1) is 17.5. The summed E-state index contributed by atoms with van der Waals surface area (Å²) in [4.78, 5) is 36.6. The van der Waals surface area contributed by atoms with Gasteiger partial charge >= 0.3 is 6.03 Å². The molecule has 1 saturated carbocycles. The van der Waals surface area contributed by atoms with Crippen LogP contribution in [0.1, 0.15) is 19.8 Å². The number of benzene rings is 1. The topological polar surface area (TPSA) is 78.5 Å². The average Bonchev–Trinajstić information content (AvgIpc) is 3.34. The number of aldehydes is 1. The van der Waals surface area contributed by atoms with Crippen molar-refractivity contribution in [3.05, 3.63) is 28.7 Å². The second-order valence-corrected chi connectivity index (χ2v) is 6.93. The summed E-state index contributed by atoms with van der Waals surface area (Å²) in [5.41, 5.74) is -0.198. The molecule has 1 unspecified atom stereocenters. The second-order valence-electron chi connectivity index (χ2n) is 6.02. The Kier molecular flexibility index (Phi) is 5.41. The summed E-state index contributed by atoms with van der Waals surface area (Å²) in [6.07, 6.45) is 2.64. The molecule has 0 heterocycles. The molecule has 0 aromatic heterocycles. The molecule has 1 fully saturated rings. The monoisotopic (exact) mass is 381 g/mol. The standard InChI is InChI=1S/C16H20BrN3O3/c1-16(10-21,11-3-4-11)19-15(23)20(2)9-14(22)18-13-7-5-12(17)6-8-13/h5-8,10-11H,3-4,9H2,1-2H3,(H,18,22)(H,19,23). The van der Waals surface area contributed by atoms with Crippen LogP contribution in [-0.2, 0) is 9.59 Å². The number of amides is 3. The molecule has 1 aliphatic carbocycles. The number of anilines is 1. The highest BCUT2D eigenvalue weighted by Crippen LogP contribution is 2.38. The van der Waals surface area contributed by atoms with Crippen molar-refractivity contribution in [1.82, 2.24) is 10.2 Å². The van der Waals surface area contributed by atoms with Gasteiger partial charge in [0, 0.05) is 17.2 Å². The number of nitrogens with zero attached hydrogens (tertiary/aromatic N) is 1. The molecular weight excluding hydrogens is 362 g/mol. The quantitative estimate of drug-likeness (QED) is 0.742. The number of urea groups is 1. The molecule has 0 radical (unpaired) electrons. The molecule has 1 atom stereocenters. The van der Waals surface area contributed by atoms with E-state index >= 15 is 0 Å². The Morgan fingerprint density at radius 2 is 1.96 bits per heavy atom. The van der Waals surface area contributed by atoms with E-state index in [4.69, 9.17) is 0 Å². The van der Waals surface area contributed by atoms with Gasteiger partial charge in [-0.1, -0.05) is 15.9 Å². The summed E-state index contributed by atoms with van der Waals surface area (Å²) in [7, 11) is 1.52. The van der Waals surface area contributed by atoms with Gasteiger partial charge in [-0.2, -0.15) is 0 Å². The Morgan fingerprint density at radius 3 is 2.48 bits per heavy atom. The number of rotatable bonds is 6. The van der Waals surface area contributed by atoms with Crippen molar-refractivity contribution in [3.63, 3.8) is 0 Å². The number of hydrogen-bond acceptors (Lipinski definition) is 3. The van der Waals surface area contributed by atoms with Crippen molar-refractivity contribution >= 4 is 39.8 Å². The minimum atomic E-state index is -0.854. The lowest BCUT2D eigenvalue weighted by Gasteiger charge is -2.27. The van der Waals surface area contributed by atoms with Crippen LogP contribution >= 0.6 is 15.9 Å². The molecule has 3 amide bonds. The number of hydrogen-bond donors (Lipinski definition) is 2. The van der Waals surface area contributed by atoms with Crippen LogP contribution in [0.25, 0.3) is 0 Å². The molecule has 0 bridgehead atoms. The molecule has 2 N–H and O–H groups in total. The first-order valence-electron chi connectivity index (χ1n) is 7.39. The Balaban J connectivity index is 1.86. The van der Waals surface area contributed by atoms with Gasteiger partial charge in [-0.05, 0) is 49.9 Å². The largest absolute Gasteiger partial charge is 0.326 e. The van der Waals surface area contributed by atoms with E-state index in [2.05, 4.69) is 26.6 Å². The van der Waals surface area contributed by atoms with Crippen LogP contribution in [0.5, 0.6) is 0 Å². The van der Waals surface area contributed by atoms with E-state index < -0.39 is 11.6 Å². The van der Waals surface area contributed by atoms with E-state index in [1.807, 2.05) is 12.1 Å². The average molecular weight is 382 g/mol. The molecule has 7 heteroatoms. The maximum absolute atomic E-state index is 12.2. The molecule has 0 aliphatic heterocycles. The zero-order chi connectivity index (χ0) is 17.0. The molecule has 1 aromatic rings. The number of carbonyl (C=O) groups is 3. The highest BCUT2D eigenvalue weighted by atomic mass is 79.9. The summed E-state index contributed by atoms with van der Waals surface area (Å²) in [5, 5.41) is 5.43. The van der Waals surface area contributed by atoms with E-state index in [0.717, 1.165) is 23.6 Å². The second kappa shape index (κ2) is 7.12. The van der Waals surface area contributed by atoms with Crippen molar-refractivity contribution in [2.45, 2.75) is 25.3 Å². The molecule has 0 spiro atoms. The van der Waals surface area contributed by atoms with Gasteiger partial charge in [-0.25, -0.2) is 4.79 Å². The van der Waals surface area contributed by atoms with Crippen molar-refractivity contribution in [3.8, 4) is 0 Å². The fraction of sp³-hybridized carbons (Fsp3) is 0.438. The van der Waals surface area contributed by atoms with E-state index in [1.165, 1.54) is 11.9 Å². The summed E-state index contributed by atoms with van der Waals surface area (Å²) in [6.45, 7) is 1.62.